The largest absolute Gasteiger partial charge is 0.493 e. The highest BCUT2D eigenvalue weighted by Gasteiger charge is 2.13. The van der Waals surface area contributed by atoms with Crippen LogP contribution in [0.25, 0.3) is 22.4 Å². The second kappa shape index (κ2) is 10.2. The van der Waals surface area contributed by atoms with E-state index in [1.807, 2.05) is 48.5 Å². The Morgan fingerprint density at radius 1 is 1.06 bits per heavy atom. The van der Waals surface area contributed by atoms with Crippen molar-refractivity contribution < 1.29 is 14.4 Å². The minimum atomic E-state index is -0.441. The molecule has 0 saturated heterocycles. The summed E-state index contributed by atoms with van der Waals surface area (Å²) in [5, 5.41) is 22.8. The van der Waals surface area contributed by atoms with Crippen LogP contribution in [-0.2, 0) is 6.61 Å². The van der Waals surface area contributed by atoms with Crippen molar-refractivity contribution in [1.82, 2.24) is 0 Å². The summed E-state index contributed by atoms with van der Waals surface area (Å²) < 4.78 is 12.1. The van der Waals surface area contributed by atoms with Crippen LogP contribution in [-0.4, -0.2) is 12.0 Å². The minimum Gasteiger partial charge on any atom is -0.493 e. The van der Waals surface area contributed by atoms with Crippen LogP contribution in [0.15, 0.2) is 83.3 Å². The Labute approximate surface area is 205 Å². The fourth-order valence-electron chi connectivity index (χ4n) is 3.54. The molecule has 0 amide bonds. The Bertz CT molecular complexity index is 1440. The smallest absolute Gasteiger partial charge is 0.269 e. The number of nitro benzene ring substituents is 1. The van der Waals surface area contributed by atoms with Gasteiger partial charge >= 0.3 is 0 Å². The third kappa shape index (κ3) is 5.08. The molecule has 0 atom stereocenters. The van der Waals surface area contributed by atoms with Crippen molar-refractivity contribution in [3.05, 3.63) is 110 Å². The zero-order valence-corrected chi connectivity index (χ0v) is 19.8. The number of halogens is 1. The lowest BCUT2D eigenvalue weighted by Crippen LogP contribution is -1.99. The Morgan fingerprint density at radius 2 is 1.79 bits per heavy atom. The molecule has 6 nitrogen and oxygen atoms in total. The zero-order chi connectivity index (χ0) is 24.1. The molecular formula is C27H19BrN2O4. The average Bonchev–Trinajstić information content (AvgIpc) is 2.86. The molecule has 0 spiro atoms. The molecule has 0 bridgehead atoms. The Hall–Kier alpha value is -4.15. The Balaban J connectivity index is 1.60. The van der Waals surface area contributed by atoms with Crippen molar-refractivity contribution in [3.63, 3.8) is 0 Å². The van der Waals surface area contributed by atoms with Gasteiger partial charge in [-0.1, -0.05) is 36.4 Å². The fraction of sp³-hybridized carbons (Fsp3) is 0.0741. The summed E-state index contributed by atoms with van der Waals surface area (Å²) >= 11 is 3.54. The van der Waals surface area contributed by atoms with Gasteiger partial charge in [0.25, 0.3) is 5.69 Å². The van der Waals surface area contributed by atoms with Crippen molar-refractivity contribution in [2.75, 3.05) is 7.11 Å². The molecule has 0 aliphatic rings. The number of rotatable bonds is 7. The van der Waals surface area contributed by atoms with E-state index >= 15 is 0 Å². The number of non-ortho nitro benzene ring substituents is 1. The van der Waals surface area contributed by atoms with Gasteiger partial charge in [0.15, 0.2) is 11.5 Å². The molecule has 34 heavy (non-hydrogen) atoms. The molecule has 4 aromatic rings. The first-order chi connectivity index (χ1) is 16.5. The van der Waals surface area contributed by atoms with Crippen molar-refractivity contribution in [2.24, 2.45) is 0 Å². The number of ether oxygens (including phenoxy) is 2. The van der Waals surface area contributed by atoms with Gasteiger partial charge in [-0.25, -0.2) is 0 Å². The molecule has 4 aromatic carbocycles. The average molecular weight is 515 g/mol. The van der Waals surface area contributed by atoms with Gasteiger partial charge in [0.1, 0.15) is 6.61 Å². The van der Waals surface area contributed by atoms with Gasteiger partial charge in [0.05, 0.1) is 28.1 Å². The van der Waals surface area contributed by atoms with Gasteiger partial charge < -0.3 is 9.47 Å². The van der Waals surface area contributed by atoms with E-state index in [0.29, 0.717) is 21.5 Å². The van der Waals surface area contributed by atoms with Crippen LogP contribution in [0.5, 0.6) is 11.5 Å². The molecular weight excluding hydrogens is 496 g/mol. The maximum Gasteiger partial charge on any atom is 0.269 e. The molecule has 0 N–H and O–H groups in total. The summed E-state index contributed by atoms with van der Waals surface area (Å²) in [6.45, 7) is 0.211. The van der Waals surface area contributed by atoms with Crippen LogP contribution in [0.1, 0.15) is 16.7 Å². The highest BCUT2D eigenvalue weighted by atomic mass is 79.9. The Kier molecular flexibility index (Phi) is 6.90. The Morgan fingerprint density at radius 3 is 2.47 bits per heavy atom. The van der Waals surface area contributed by atoms with Gasteiger partial charge in [-0.05, 0) is 79.8 Å². The second-order valence-electron chi connectivity index (χ2n) is 7.48. The van der Waals surface area contributed by atoms with Crippen LogP contribution < -0.4 is 9.47 Å². The summed E-state index contributed by atoms with van der Waals surface area (Å²) in [5.74, 6) is 1.00. The number of allylic oxidation sites excluding steroid dienone is 1. The standard InChI is InChI=1S/C27H19BrN2O4/c1-33-26-14-19(12-23(16-29)22-9-8-20-4-2-3-5-21(20)15-22)13-25(28)27(26)34-17-18-6-10-24(11-7-18)30(31)32/h2-15H,17H2,1H3/b23-12-. The monoisotopic (exact) mass is 514 g/mol. The lowest BCUT2D eigenvalue weighted by molar-refractivity contribution is -0.384. The molecule has 7 heteroatoms. The van der Waals surface area contributed by atoms with Crippen molar-refractivity contribution in [2.45, 2.75) is 6.61 Å². The zero-order valence-electron chi connectivity index (χ0n) is 18.2. The van der Waals surface area contributed by atoms with E-state index in [0.717, 1.165) is 27.5 Å². The first-order valence-electron chi connectivity index (χ1n) is 10.3. The highest BCUT2D eigenvalue weighted by Crippen LogP contribution is 2.38. The summed E-state index contributed by atoms with van der Waals surface area (Å²) in [6.07, 6.45) is 1.80. The van der Waals surface area contributed by atoms with E-state index in [-0.39, 0.29) is 12.3 Å². The van der Waals surface area contributed by atoms with E-state index in [1.54, 1.807) is 31.4 Å². The highest BCUT2D eigenvalue weighted by molar-refractivity contribution is 9.10. The van der Waals surface area contributed by atoms with Crippen LogP contribution in [0.2, 0.25) is 0 Å². The number of hydrogen-bond acceptors (Lipinski definition) is 5. The molecule has 0 unspecified atom stereocenters. The number of nitro groups is 1. The second-order valence-corrected chi connectivity index (χ2v) is 8.33. The topological polar surface area (TPSA) is 85.4 Å². The first kappa shape index (κ1) is 23.0. The first-order valence-corrected chi connectivity index (χ1v) is 11.1. The molecule has 0 heterocycles. The van der Waals surface area contributed by atoms with Gasteiger partial charge in [0.2, 0.25) is 0 Å². The van der Waals surface area contributed by atoms with Gasteiger partial charge in [-0.15, -0.1) is 0 Å². The molecule has 0 aliphatic heterocycles. The van der Waals surface area contributed by atoms with Crippen molar-refractivity contribution in [1.29, 1.82) is 5.26 Å². The van der Waals surface area contributed by atoms with Crippen LogP contribution in [0.3, 0.4) is 0 Å². The quantitative estimate of drug-likeness (QED) is 0.113. The summed E-state index contributed by atoms with van der Waals surface area (Å²) in [4.78, 5) is 10.4. The SMILES string of the molecule is COc1cc(/C=C(/C#N)c2ccc3ccccc3c2)cc(Br)c1OCc1ccc([N+](=O)[O-])cc1. The van der Waals surface area contributed by atoms with E-state index in [2.05, 4.69) is 22.0 Å². The molecule has 4 rings (SSSR count). The maximum absolute atomic E-state index is 10.8. The van der Waals surface area contributed by atoms with Gasteiger partial charge in [-0.2, -0.15) is 5.26 Å². The number of nitrogens with zero attached hydrogens (tertiary/aromatic N) is 2. The van der Waals surface area contributed by atoms with Gasteiger partial charge in [0, 0.05) is 12.1 Å². The van der Waals surface area contributed by atoms with E-state index < -0.39 is 4.92 Å². The molecule has 0 fully saturated rings. The number of hydrogen-bond donors (Lipinski definition) is 0. The van der Waals surface area contributed by atoms with Gasteiger partial charge in [-0.3, -0.25) is 10.1 Å². The third-order valence-electron chi connectivity index (χ3n) is 5.27. The maximum atomic E-state index is 10.8. The van der Waals surface area contributed by atoms with Crippen molar-refractivity contribution >= 4 is 44.0 Å². The number of nitriles is 1. The number of fused-ring (bicyclic) bond motifs is 1. The molecule has 0 aromatic heterocycles. The predicted octanol–water partition coefficient (Wildman–Crippen LogP) is 7.16. The normalized spacial score (nSPS) is 11.1. The number of methoxy groups -OCH3 is 1. The summed E-state index contributed by atoms with van der Waals surface area (Å²) in [6, 6.07) is 26.1. The lowest BCUT2D eigenvalue weighted by atomic mass is 10.00. The number of benzene rings is 4. The van der Waals surface area contributed by atoms with Crippen LogP contribution in [0.4, 0.5) is 5.69 Å². The van der Waals surface area contributed by atoms with Crippen LogP contribution in [0, 0.1) is 21.4 Å². The summed E-state index contributed by atoms with van der Waals surface area (Å²) in [7, 11) is 1.54. The van der Waals surface area contributed by atoms with E-state index in [4.69, 9.17) is 9.47 Å². The minimum absolute atomic E-state index is 0.0263. The van der Waals surface area contributed by atoms with Crippen molar-refractivity contribution in [3.8, 4) is 17.6 Å². The van der Waals surface area contributed by atoms with Crippen LogP contribution >= 0.6 is 15.9 Å². The fourth-order valence-corrected chi connectivity index (χ4v) is 4.11. The third-order valence-corrected chi connectivity index (χ3v) is 5.86. The lowest BCUT2D eigenvalue weighted by Gasteiger charge is -2.14. The molecule has 0 radical (unpaired) electrons. The molecule has 0 saturated carbocycles. The molecule has 0 aliphatic carbocycles. The molecule has 168 valence electrons. The van der Waals surface area contributed by atoms with E-state index in [1.165, 1.54) is 12.1 Å². The van der Waals surface area contributed by atoms with E-state index in [9.17, 15) is 15.4 Å². The predicted molar refractivity (Wildman–Crippen MR) is 136 cm³/mol. The summed E-state index contributed by atoms with van der Waals surface area (Å²) in [5.41, 5.74) is 2.94.